The van der Waals surface area contributed by atoms with Crippen LogP contribution in [0.4, 0.5) is 19.3 Å². The number of benzene rings is 1. The maximum atomic E-state index is 13.0. The van der Waals surface area contributed by atoms with Crippen molar-refractivity contribution in [2.45, 2.75) is 19.4 Å². The number of halogens is 2. The van der Waals surface area contributed by atoms with E-state index in [1.165, 1.54) is 6.92 Å². The maximum Gasteiger partial charge on any atom is 0.319 e. The average molecular weight is 310 g/mol. The van der Waals surface area contributed by atoms with Crippen LogP contribution in [0, 0.1) is 18.6 Å². The lowest BCUT2D eigenvalue weighted by Crippen LogP contribution is -2.40. The summed E-state index contributed by atoms with van der Waals surface area (Å²) >= 11 is 0. The van der Waals surface area contributed by atoms with Crippen LogP contribution in [0.25, 0.3) is 0 Å². The average Bonchev–Trinajstić information content (AvgIpc) is 2.83. The van der Waals surface area contributed by atoms with Crippen LogP contribution in [0.1, 0.15) is 18.4 Å². The molecule has 0 fully saturated rings. The van der Waals surface area contributed by atoms with Crippen LogP contribution in [0.3, 0.4) is 0 Å². The van der Waals surface area contributed by atoms with Crippen molar-refractivity contribution in [3.63, 3.8) is 0 Å². The first-order valence-corrected chi connectivity index (χ1v) is 6.56. The molecule has 0 bridgehead atoms. The van der Waals surface area contributed by atoms with Crippen molar-refractivity contribution in [2.24, 2.45) is 0 Å². The number of carbonyl (C=O) groups is 1. The van der Waals surface area contributed by atoms with E-state index >= 15 is 0 Å². The van der Waals surface area contributed by atoms with Gasteiger partial charge < -0.3 is 20.2 Å². The molecule has 0 aliphatic rings. The fraction of sp³-hybridized carbons (Fsp3) is 0.267. The zero-order valence-electron chi connectivity index (χ0n) is 12.1. The number of hydrogen-bond donors (Lipinski definition) is 3. The Morgan fingerprint density at radius 1 is 1.27 bits per heavy atom. The van der Waals surface area contributed by atoms with E-state index in [0.29, 0.717) is 17.6 Å². The van der Waals surface area contributed by atoms with Gasteiger partial charge in [-0.15, -0.1) is 0 Å². The molecule has 1 heterocycles. The van der Waals surface area contributed by atoms with Gasteiger partial charge in [0.05, 0.1) is 6.54 Å². The van der Waals surface area contributed by atoms with Crippen LogP contribution in [0.2, 0.25) is 0 Å². The smallest absolute Gasteiger partial charge is 0.319 e. The first kappa shape index (κ1) is 16.0. The highest BCUT2D eigenvalue weighted by molar-refractivity contribution is 5.89. The van der Waals surface area contributed by atoms with Crippen molar-refractivity contribution in [2.75, 3.05) is 11.9 Å². The Morgan fingerprint density at radius 2 is 1.91 bits per heavy atom. The molecule has 0 aliphatic carbocycles. The normalized spacial score (nSPS) is 13.5. The largest absolute Gasteiger partial charge is 0.463 e. The highest BCUT2D eigenvalue weighted by Gasteiger charge is 2.27. The van der Waals surface area contributed by atoms with Crippen molar-refractivity contribution in [1.29, 1.82) is 0 Å². The lowest BCUT2D eigenvalue weighted by atomic mass is 10.0. The Kier molecular flexibility index (Phi) is 4.46. The summed E-state index contributed by atoms with van der Waals surface area (Å²) in [7, 11) is 0. The van der Waals surface area contributed by atoms with E-state index in [0.717, 1.165) is 12.1 Å². The third kappa shape index (κ3) is 4.05. The topological polar surface area (TPSA) is 74.5 Å². The van der Waals surface area contributed by atoms with Crippen molar-refractivity contribution in [1.82, 2.24) is 5.32 Å². The van der Waals surface area contributed by atoms with Gasteiger partial charge in [0.1, 0.15) is 28.8 Å². The lowest BCUT2D eigenvalue weighted by Gasteiger charge is -2.21. The summed E-state index contributed by atoms with van der Waals surface area (Å²) in [6.45, 7) is 3.08. The predicted molar refractivity (Wildman–Crippen MR) is 76.4 cm³/mol. The molecule has 2 aromatic rings. The Hall–Kier alpha value is -2.41. The van der Waals surface area contributed by atoms with E-state index < -0.39 is 23.3 Å². The minimum atomic E-state index is -1.40. The molecule has 0 radical (unpaired) electrons. The van der Waals surface area contributed by atoms with Gasteiger partial charge in [0.15, 0.2) is 0 Å². The molecule has 1 unspecified atom stereocenters. The van der Waals surface area contributed by atoms with Gasteiger partial charge in [-0.1, -0.05) is 0 Å². The molecule has 3 N–H and O–H groups in total. The first-order chi connectivity index (χ1) is 10.3. The second-order valence-electron chi connectivity index (χ2n) is 5.15. The van der Waals surface area contributed by atoms with Crippen LogP contribution >= 0.6 is 0 Å². The molecule has 2 rings (SSSR count). The van der Waals surface area contributed by atoms with Crippen molar-refractivity contribution < 1.29 is 23.1 Å². The van der Waals surface area contributed by atoms with E-state index in [-0.39, 0.29) is 12.2 Å². The molecule has 7 heteroatoms. The maximum absolute atomic E-state index is 13.0. The standard InChI is InChI=1S/C15H16F2N2O3/c1-9-3-4-13(22-9)15(2,21)8-18-14(20)19-12-6-10(16)5-11(17)7-12/h3-7,21H,8H2,1-2H3,(H2,18,19,20). The second-order valence-corrected chi connectivity index (χ2v) is 5.15. The summed E-state index contributed by atoms with van der Waals surface area (Å²) in [6, 6.07) is 5.27. The van der Waals surface area contributed by atoms with Gasteiger partial charge in [0.2, 0.25) is 0 Å². The van der Waals surface area contributed by atoms with Gasteiger partial charge in [-0.25, -0.2) is 13.6 Å². The van der Waals surface area contributed by atoms with Gasteiger partial charge in [0.25, 0.3) is 0 Å². The fourth-order valence-electron chi connectivity index (χ4n) is 1.86. The van der Waals surface area contributed by atoms with E-state index in [2.05, 4.69) is 10.6 Å². The number of carbonyl (C=O) groups excluding carboxylic acids is 1. The van der Waals surface area contributed by atoms with Crippen molar-refractivity contribution in [3.8, 4) is 0 Å². The third-order valence-corrected chi connectivity index (χ3v) is 2.98. The Bertz CT molecular complexity index is 663. The number of amides is 2. The Balaban J connectivity index is 1.95. The van der Waals surface area contributed by atoms with Crippen LogP contribution in [0.15, 0.2) is 34.7 Å². The predicted octanol–water partition coefficient (Wildman–Crippen LogP) is 2.90. The molecule has 0 saturated carbocycles. The Labute approximate surface area is 125 Å². The number of aliphatic hydroxyl groups is 1. The summed E-state index contributed by atoms with van der Waals surface area (Å²) in [6.07, 6.45) is 0. The molecule has 1 atom stereocenters. The third-order valence-electron chi connectivity index (χ3n) is 2.98. The Morgan fingerprint density at radius 3 is 2.45 bits per heavy atom. The highest BCUT2D eigenvalue weighted by atomic mass is 19.1. The molecule has 1 aromatic heterocycles. The minimum absolute atomic E-state index is 0.0246. The number of hydrogen-bond acceptors (Lipinski definition) is 3. The molecule has 0 aliphatic heterocycles. The molecule has 1 aromatic carbocycles. The van der Waals surface area contributed by atoms with Gasteiger partial charge in [0, 0.05) is 11.8 Å². The van der Waals surface area contributed by atoms with Crippen LogP contribution in [-0.2, 0) is 5.60 Å². The molecular weight excluding hydrogens is 294 g/mol. The molecule has 5 nitrogen and oxygen atoms in total. The number of rotatable bonds is 4. The summed E-state index contributed by atoms with van der Waals surface area (Å²) in [4.78, 5) is 11.7. The summed E-state index contributed by atoms with van der Waals surface area (Å²) < 4.78 is 31.3. The SMILES string of the molecule is Cc1ccc(C(C)(O)CNC(=O)Nc2cc(F)cc(F)c2)o1. The van der Waals surface area contributed by atoms with Gasteiger partial charge in [-0.3, -0.25) is 0 Å². The lowest BCUT2D eigenvalue weighted by molar-refractivity contribution is 0.0364. The molecule has 2 amide bonds. The molecule has 118 valence electrons. The minimum Gasteiger partial charge on any atom is -0.463 e. The molecule has 0 spiro atoms. The van der Waals surface area contributed by atoms with E-state index in [1.54, 1.807) is 19.1 Å². The zero-order chi connectivity index (χ0) is 16.3. The first-order valence-electron chi connectivity index (χ1n) is 6.56. The molecule has 0 saturated heterocycles. The summed E-state index contributed by atoms with van der Waals surface area (Å²) in [5, 5.41) is 14.9. The van der Waals surface area contributed by atoms with Gasteiger partial charge in [-0.05, 0) is 38.1 Å². The molecular formula is C15H16F2N2O3. The fourth-order valence-corrected chi connectivity index (χ4v) is 1.86. The highest BCUT2D eigenvalue weighted by Crippen LogP contribution is 2.22. The van der Waals surface area contributed by atoms with E-state index in [9.17, 15) is 18.7 Å². The quantitative estimate of drug-likeness (QED) is 0.813. The number of aryl methyl sites for hydroxylation is 1. The second kappa shape index (κ2) is 6.15. The number of nitrogens with one attached hydrogen (secondary N) is 2. The summed E-state index contributed by atoms with van der Waals surface area (Å²) in [5.41, 5.74) is -1.43. The monoisotopic (exact) mass is 310 g/mol. The summed E-state index contributed by atoms with van der Waals surface area (Å²) in [5.74, 6) is -0.654. The van der Waals surface area contributed by atoms with Crippen LogP contribution in [-0.4, -0.2) is 17.7 Å². The number of furan rings is 1. The van der Waals surface area contributed by atoms with Crippen LogP contribution < -0.4 is 10.6 Å². The number of urea groups is 1. The van der Waals surface area contributed by atoms with Crippen molar-refractivity contribution >= 4 is 11.7 Å². The van der Waals surface area contributed by atoms with Gasteiger partial charge >= 0.3 is 6.03 Å². The van der Waals surface area contributed by atoms with E-state index in [4.69, 9.17) is 4.42 Å². The van der Waals surface area contributed by atoms with Gasteiger partial charge in [-0.2, -0.15) is 0 Å². The molecule has 22 heavy (non-hydrogen) atoms. The van der Waals surface area contributed by atoms with Crippen molar-refractivity contribution in [3.05, 3.63) is 53.5 Å². The zero-order valence-corrected chi connectivity index (χ0v) is 12.1. The van der Waals surface area contributed by atoms with E-state index in [1.807, 2.05) is 0 Å². The number of anilines is 1. The van der Waals surface area contributed by atoms with Crippen LogP contribution in [0.5, 0.6) is 0 Å².